The van der Waals surface area contributed by atoms with Gasteiger partial charge < -0.3 is 15.0 Å². The number of hydrogen-bond donors (Lipinski definition) is 1. The van der Waals surface area contributed by atoms with Crippen molar-refractivity contribution >= 4 is 41.0 Å². The third-order valence-electron chi connectivity index (χ3n) is 8.12. The number of carbonyl (C=O) groups excluding carboxylic acids is 3. The first-order valence-corrected chi connectivity index (χ1v) is 14.4. The van der Waals surface area contributed by atoms with Gasteiger partial charge in [0.1, 0.15) is 0 Å². The summed E-state index contributed by atoms with van der Waals surface area (Å²) in [6.07, 6.45) is 3.15. The highest BCUT2D eigenvalue weighted by Gasteiger charge is 2.48. The van der Waals surface area contributed by atoms with Crippen LogP contribution in [0.1, 0.15) is 64.7 Å². The summed E-state index contributed by atoms with van der Waals surface area (Å²) in [5, 5.41) is 4.01. The Bertz CT molecular complexity index is 1390. The van der Waals surface area contributed by atoms with E-state index < -0.39 is 12.0 Å². The van der Waals surface area contributed by atoms with Crippen LogP contribution in [0.4, 0.5) is 0 Å². The van der Waals surface area contributed by atoms with Gasteiger partial charge in [-0.05, 0) is 67.0 Å². The van der Waals surface area contributed by atoms with Crippen LogP contribution in [-0.4, -0.2) is 42.4 Å². The van der Waals surface area contributed by atoms with E-state index in [-0.39, 0.29) is 29.7 Å². The number of hydrogen-bond acceptors (Lipinski definition) is 4. The molecule has 0 saturated heterocycles. The lowest BCUT2D eigenvalue weighted by atomic mass is 9.76. The van der Waals surface area contributed by atoms with Crippen LogP contribution in [0.15, 0.2) is 72.8 Å². The Hall–Kier alpha value is -3.35. The number of esters is 1. The molecule has 0 aromatic heterocycles. The number of amides is 2. The highest BCUT2D eigenvalue weighted by atomic mass is 35.5. The third kappa shape index (κ3) is 5.74. The quantitative estimate of drug-likeness (QED) is 0.331. The first-order valence-electron chi connectivity index (χ1n) is 13.6. The van der Waals surface area contributed by atoms with Crippen molar-refractivity contribution in [1.29, 1.82) is 0 Å². The van der Waals surface area contributed by atoms with E-state index in [4.69, 9.17) is 27.9 Å². The number of halogens is 2. The molecule has 0 unspecified atom stereocenters. The molecule has 3 aromatic carbocycles. The molecule has 1 aliphatic carbocycles. The third-order valence-corrected chi connectivity index (χ3v) is 8.68. The number of benzene rings is 3. The van der Waals surface area contributed by atoms with Gasteiger partial charge in [0.15, 0.2) is 0 Å². The molecule has 0 spiro atoms. The van der Waals surface area contributed by atoms with Gasteiger partial charge in [0, 0.05) is 28.2 Å². The van der Waals surface area contributed by atoms with Crippen LogP contribution in [0.5, 0.6) is 0 Å². The molecule has 6 nitrogen and oxygen atoms in total. The Balaban J connectivity index is 1.52. The minimum Gasteiger partial charge on any atom is -0.469 e. The molecule has 2 aliphatic rings. The van der Waals surface area contributed by atoms with Gasteiger partial charge in [-0.1, -0.05) is 77.8 Å². The zero-order chi connectivity index (χ0) is 28.2. The fourth-order valence-electron chi connectivity index (χ4n) is 6.15. The molecule has 1 aliphatic heterocycles. The Morgan fingerprint density at radius 2 is 1.62 bits per heavy atom. The first-order chi connectivity index (χ1) is 19.4. The van der Waals surface area contributed by atoms with Gasteiger partial charge in [0.2, 0.25) is 5.91 Å². The monoisotopic (exact) mass is 578 g/mol. The summed E-state index contributed by atoms with van der Waals surface area (Å²) in [5.74, 6) is -1.40. The van der Waals surface area contributed by atoms with Crippen LogP contribution in [0.25, 0.3) is 0 Å². The van der Waals surface area contributed by atoms with Gasteiger partial charge in [0.05, 0.1) is 25.0 Å². The molecule has 1 N–H and O–H groups in total. The number of rotatable bonds is 7. The number of carbonyl (C=O) groups is 3. The average molecular weight is 580 g/mol. The minimum atomic E-state index is -0.679. The lowest BCUT2D eigenvalue weighted by Crippen LogP contribution is -2.52. The van der Waals surface area contributed by atoms with Crippen LogP contribution >= 0.6 is 23.2 Å². The Labute approximate surface area is 244 Å². The molecule has 1 fully saturated rings. The number of fused-ring (bicyclic) bond motifs is 1. The van der Waals surface area contributed by atoms with Crippen LogP contribution in [0, 0.1) is 5.92 Å². The zero-order valence-electron chi connectivity index (χ0n) is 22.3. The predicted octanol–water partition coefficient (Wildman–Crippen LogP) is 6.36. The largest absolute Gasteiger partial charge is 0.469 e. The lowest BCUT2D eigenvalue weighted by molar-refractivity contribution is -0.146. The summed E-state index contributed by atoms with van der Waals surface area (Å²) in [5.41, 5.74) is 3.00. The van der Waals surface area contributed by atoms with Gasteiger partial charge in [0.25, 0.3) is 5.91 Å². The van der Waals surface area contributed by atoms with Crippen molar-refractivity contribution < 1.29 is 19.1 Å². The number of nitrogens with one attached hydrogen (secondary N) is 1. The fraction of sp³-hybridized carbons (Fsp3) is 0.344. The Morgan fingerprint density at radius 1 is 0.925 bits per heavy atom. The standard InChI is InChI=1S/C32H32Cl2N2O4/c1-40-32(39)21-11-14-23(15-12-21)36-29(26-16-13-22(33)19-27(26)34)28(24-9-5-6-10-25(24)31(36)38)30(37)35-18-17-20-7-3-2-4-8-20/h2-10,13,16,19,21,23,28-29H,11-12,14-15,17-18H2,1H3,(H,35,37)/t21?,23?,28-,29+/m1/s1. The van der Waals surface area contributed by atoms with Crippen molar-refractivity contribution in [3.05, 3.63) is 105 Å². The summed E-state index contributed by atoms with van der Waals surface area (Å²) >= 11 is 13.0. The average Bonchev–Trinajstić information content (AvgIpc) is 2.97. The van der Waals surface area contributed by atoms with E-state index in [1.165, 1.54) is 7.11 Å². The molecule has 2 amide bonds. The summed E-state index contributed by atoms with van der Waals surface area (Å²) in [6, 6.07) is 21.7. The SMILES string of the molecule is COC(=O)C1CCC(N2C(=O)c3ccccc3[C@@H](C(=O)NCCc3ccccc3)[C@@H]2c2ccc(Cl)cc2Cl)CC1. The van der Waals surface area contributed by atoms with E-state index in [0.717, 1.165) is 5.56 Å². The van der Waals surface area contributed by atoms with E-state index in [1.807, 2.05) is 59.5 Å². The van der Waals surface area contributed by atoms with Crippen LogP contribution in [0.2, 0.25) is 10.0 Å². The van der Waals surface area contributed by atoms with E-state index >= 15 is 0 Å². The molecule has 8 heteroatoms. The molecular formula is C32H32Cl2N2O4. The van der Waals surface area contributed by atoms with E-state index in [9.17, 15) is 14.4 Å². The highest BCUT2D eigenvalue weighted by molar-refractivity contribution is 6.35. The molecule has 208 valence electrons. The number of nitrogens with zero attached hydrogens (tertiary/aromatic N) is 1. The van der Waals surface area contributed by atoms with E-state index in [1.54, 1.807) is 18.2 Å². The molecule has 0 bridgehead atoms. The molecule has 2 atom stereocenters. The molecule has 40 heavy (non-hydrogen) atoms. The van der Waals surface area contributed by atoms with Gasteiger partial charge >= 0.3 is 5.97 Å². The maximum absolute atomic E-state index is 14.2. The van der Waals surface area contributed by atoms with Gasteiger partial charge in [-0.3, -0.25) is 14.4 Å². The van der Waals surface area contributed by atoms with Crippen molar-refractivity contribution in [1.82, 2.24) is 10.2 Å². The van der Waals surface area contributed by atoms with E-state index in [2.05, 4.69) is 5.32 Å². The molecule has 0 radical (unpaired) electrons. The van der Waals surface area contributed by atoms with Crippen molar-refractivity contribution in [2.45, 2.75) is 50.1 Å². The Morgan fingerprint density at radius 3 is 2.33 bits per heavy atom. The molecular weight excluding hydrogens is 547 g/mol. The van der Waals surface area contributed by atoms with Crippen molar-refractivity contribution in [2.24, 2.45) is 5.92 Å². The summed E-state index contributed by atoms with van der Waals surface area (Å²) in [7, 11) is 1.40. The van der Waals surface area contributed by atoms with E-state index in [0.29, 0.717) is 65.4 Å². The predicted molar refractivity (Wildman–Crippen MR) is 155 cm³/mol. The second kappa shape index (κ2) is 12.4. The lowest BCUT2D eigenvalue weighted by Gasteiger charge is -2.47. The zero-order valence-corrected chi connectivity index (χ0v) is 23.8. The van der Waals surface area contributed by atoms with Crippen molar-refractivity contribution in [3.8, 4) is 0 Å². The van der Waals surface area contributed by atoms with Crippen molar-refractivity contribution in [2.75, 3.05) is 13.7 Å². The van der Waals surface area contributed by atoms with Gasteiger partial charge in [-0.2, -0.15) is 0 Å². The fourth-order valence-corrected chi connectivity index (χ4v) is 6.67. The first kappa shape index (κ1) is 28.2. The smallest absolute Gasteiger partial charge is 0.308 e. The van der Waals surface area contributed by atoms with Gasteiger partial charge in [-0.15, -0.1) is 0 Å². The molecule has 1 heterocycles. The number of ether oxygens (including phenoxy) is 1. The topological polar surface area (TPSA) is 75.7 Å². The Kier molecular flexibility index (Phi) is 8.77. The van der Waals surface area contributed by atoms with Crippen LogP contribution in [-0.2, 0) is 20.7 Å². The number of methoxy groups -OCH3 is 1. The molecule has 5 rings (SSSR count). The normalized spacial score (nSPS) is 22.4. The van der Waals surface area contributed by atoms with Crippen LogP contribution in [0.3, 0.4) is 0 Å². The maximum Gasteiger partial charge on any atom is 0.308 e. The van der Waals surface area contributed by atoms with Gasteiger partial charge in [-0.25, -0.2) is 0 Å². The second-order valence-corrected chi connectivity index (χ2v) is 11.3. The highest BCUT2D eigenvalue weighted by Crippen LogP contribution is 2.48. The summed E-state index contributed by atoms with van der Waals surface area (Å²) in [4.78, 5) is 42.2. The molecule has 3 aromatic rings. The summed E-state index contributed by atoms with van der Waals surface area (Å²) < 4.78 is 4.97. The minimum absolute atomic E-state index is 0.138. The molecule has 1 saturated carbocycles. The van der Waals surface area contributed by atoms with Crippen molar-refractivity contribution in [3.63, 3.8) is 0 Å². The van der Waals surface area contributed by atoms with Crippen LogP contribution < -0.4 is 5.32 Å². The maximum atomic E-state index is 14.2. The summed E-state index contributed by atoms with van der Waals surface area (Å²) in [6.45, 7) is 0.459. The second-order valence-electron chi connectivity index (χ2n) is 10.4.